The van der Waals surface area contributed by atoms with E-state index < -0.39 is 17.7 Å². The Bertz CT molecular complexity index is 1150. The van der Waals surface area contributed by atoms with E-state index in [1.807, 2.05) is 18.2 Å². The van der Waals surface area contributed by atoms with Crippen molar-refractivity contribution < 1.29 is 27.8 Å². The number of hydrogen-bond donors (Lipinski definition) is 2. The summed E-state index contributed by atoms with van der Waals surface area (Å²) in [6.45, 7) is 1.02. The lowest BCUT2D eigenvalue weighted by Crippen LogP contribution is -2.22. The van der Waals surface area contributed by atoms with Crippen molar-refractivity contribution in [1.29, 1.82) is 0 Å². The predicted octanol–water partition coefficient (Wildman–Crippen LogP) is 5.54. The number of hydrogen-bond acceptors (Lipinski definition) is 5. The Morgan fingerprint density at radius 3 is 2.61 bits per heavy atom. The van der Waals surface area contributed by atoms with Crippen LogP contribution in [0.1, 0.15) is 33.8 Å². The zero-order chi connectivity index (χ0) is 23.6. The van der Waals surface area contributed by atoms with Crippen molar-refractivity contribution in [1.82, 2.24) is 4.98 Å². The Kier molecular flexibility index (Phi) is 6.13. The van der Waals surface area contributed by atoms with Crippen LogP contribution in [-0.4, -0.2) is 36.3 Å². The molecule has 2 aromatic carbocycles. The van der Waals surface area contributed by atoms with Crippen LogP contribution in [0.15, 0.2) is 60.9 Å². The number of aromatic carboxylic acids is 1. The highest BCUT2D eigenvalue weighted by Crippen LogP contribution is 2.38. The zero-order valence-corrected chi connectivity index (χ0v) is 17.8. The summed E-state index contributed by atoms with van der Waals surface area (Å²) in [5.74, 6) is -0.224. The molecule has 33 heavy (non-hydrogen) atoms. The smallest absolute Gasteiger partial charge is 0.416 e. The van der Waals surface area contributed by atoms with Crippen molar-refractivity contribution >= 4 is 23.0 Å². The van der Waals surface area contributed by atoms with Gasteiger partial charge in [0.05, 0.1) is 29.6 Å². The Hall–Kier alpha value is -3.75. The largest absolute Gasteiger partial charge is 0.493 e. The first-order valence-electron chi connectivity index (χ1n) is 10.3. The van der Waals surface area contributed by atoms with Gasteiger partial charge in [0.2, 0.25) is 0 Å². The summed E-state index contributed by atoms with van der Waals surface area (Å²) in [5.41, 5.74) is 2.31. The number of benzene rings is 2. The number of aromatic nitrogens is 1. The quantitative estimate of drug-likeness (QED) is 0.506. The van der Waals surface area contributed by atoms with Crippen LogP contribution in [0.25, 0.3) is 0 Å². The average molecular weight is 457 g/mol. The molecular formula is C24H22F3N3O3. The zero-order valence-electron chi connectivity index (χ0n) is 17.8. The van der Waals surface area contributed by atoms with Gasteiger partial charge in [0, 0.05) is 43.1 Å². The van der Waals surface area contributed by atoms with Gasteiger partial charge in [-0.1, -0.05) is 6.07 Å². The number of halogens is 3. The molecule has 1 unspecified atom stereocenters. The third-order valence-electron chi connectivity index (χ3n) is 5.72. The van der Waals surface area contributed by atoms with Crippen LogP contribution in [-0.2, 0) is 6.18 Å². The SMILES string of the molecule is CN(c1ccc(C(F)(F)F)cc1)c1ccc2c(c1)OCCC2CNc1cnccc1C(=O)O. The molecule has 4 rings (SSSR count). The number of rotatable bonds is 6. The fraction of sp³-hybridized carbons (Fsp3) is 0.250. The molecule has 2 N–H and O–H groups in total. The molecule has 0 saturated heterocycles. The summed E-state index contributed by atoms with van der Waals surface area (Å²) in [6.07, 6.45) is -0.684. The molecule has 0 radical (unpaired) electrons. The monoisotopic (exact) mass is 457 g/mol. The van der Waals surface area contributed by atoms with Crippen molar-refractivity contribution in [3.05, 3.63) is 77.6 Å². The van der Waals surface area contributed by atoms with E-state index in [2.05, 4.69) is 10.3 Å². The van der Waals surface area contributed by atoms with Crippen LogP contribution in [0, 0.1) is 0 Å². The van der Waals surface area contributed by atoms with Crippen molar-refractivity contribution in [2.75, 3.05) is 30.4 Å². The highest BCUT2D eigenvalue weighted by molar-refractivity contribution is 5.93. The first kappa shape index (κ1) is 22.4. The van der Waals surface area contributed by atoms with E-state index in [0.29, 0.717) is 30.3 Å². The third kappa shape index (κ3) is 4.87. The fourth-order valence-electron chi connectivity index (χ4n) is 3.85. The lowest BCUT2D eigenvalue weighted by molar-refractivity contribution is -0.137. The highest BCUT2D eigenvalue weighted by Gasteiger charge is 2.30. The van der Waals surface area contributed by atoms with Crippen molar-refractivity contribution in [3.8, 4) is 5.75 Å². The van der Waals surface area contributed by atoms with E-state index in [-0.39, 0.29) is 11.5 Å². The van der Waals surface area contributed by atoms with Gasteiger partial charge in [-0.15, -0.1) is 0 Å². The Morgan fingerprint density at radius 1 is 1.18 bits per heavy atom. The molecule has 9 heteroatoms. The van der Waals surface area contributed by atoms with Crippen LogP contribution >= 0.6 is 0 Å². The number of ether oxygens (including phenoxy) is 1. The number of carboxylic acids is 1. The summed E-state index contributed by atoms with van der Waals surface area (Å²) >= 11 is 0. The predicted molar refractivity (Wildman–Crippen MR) is 118 cm³/mol. The van der Waals surface area contributed by atoms with Gasteiger partial charge in [0.1, 0.15) is 5.75 Å². The number of fused-ring (bicyclic) bond motifs is 1. The molecule has 1 atom stereocenters. The molecule has 1 aliphatic rings. The number of pyridine rings is 1. The maximum absolute atomic E-state index is 12.8. The van der Waals surface area contributed by atoms with Gasteiger partial charge in [-0.05, 0) is 48.4 Å². The van der Waals surface area contributed by atoms with Crippen LogP contribution < -0.4 is 15.0 Å². The van der Waals surface area contributed by atoms with Gasteiger partial charge in [-0.3, -0.25) is 4.98 Å². The minimum atomic E-state index is -4.37. The lowest BCUT2D eigenvalue weighted by Gasteiger charge is -2.28. The van der Waals surface area contributed by atoms with Crippen molar-refractivity contribution in [2.24, 2.45) is 0 Å². The molecule has 0 amide bonds. The number of anilines is 3. The average Bonchev–Trinajstić information content (AvgIpc) is 2.81. The number of nitrogens with one attached hydrogen (secondary N) is 1. The molecule has 6 nitrogen and oxygen atoms in total. The second kappa shape index (κ2) is 9.01. The molecule has 0 spiro atoms. The van der Waals surface area contributed by atoms with Crippen molar-refractivity contribution in [3.63, 3.8) is 0 Å². The second-order valence-electron chi connectivity index (χ2n) is 7.77. The third-order valence-corrected chi connectivity index (χ3v) is 5.72. The Labute approximate surface area is 188 Å². The van der Waals surface area contributed by atoms with Gasteiger partial charge < -0.3 is 20.1 Å². The standard InChI is InChI=1S/C24H22F3N3O3/c1-30(17-4-2-16(3-5-17)24(25,26)27)18-6-7-19-15(9-11-33-22(19)12-18)13-29-21-14-28-10-8-20(21)23(31)32/h2-8,10,12,14-15,29H,9,11,13H2,1H3,(H,31,32). The van der Waals surface area contributed by atoms with Crippen LogP contribution in [0.3, 0.4) is 0 Å². The van der Waals surface area contributed by atoms with E-state index in [9.17, 15) is 23.1 Å². The Morgan fingerprint density at radius 2 is 1.91 bits per heavy atom. The maximum atomic E-state index is 12.8. The van der Waals surface area contributed by atoms with Gasteiger partial charge in [-0.25, -0.2) is 4.79 Å². The van der Waals surface area contributed by atoms with E-state index in [4.69, 9.17) is 4.74 Å². The maximum Gasteiger partial charge on any atom is 0.416 e. The van der Waals surface area contributed by atoms with Gasteiger partial charge in [0.15, 0.2) is 0 Å². The van der Waals surface area contributed by atoms with E-state index in [1.54, 1.807) is 11.9 Å². The number of alkyl halides is 3. The van der Waals surface area contributed by atoms with Crippen LogP contribution in [0.5, 0.6) is 5.75 Å². The highest BCUT2D eigenvalue weighted by atomic mass is 19.4. The number of carbonyl (C=O) groups is 1. The van der Waals surface area contributed by atoms with Crippen LogP contribution in [0.4, 0.5) is 30.2 Å². The molecule has 3 aromatic rings. The minimum Gasteiger partial charge on any atom is -0.493 e. The summed E-state index contributed by atoms with van der Waals surface area (Å²) in [5, 5.41) is 12.5. The molecular weight excluding hydrogens is 435 g/mol. The van der Waals surface area contributed by atoms with Gasteiger partial charge in [-0.2, -0.15) is 13.2 Å². The summed E-state index contributed by atoms with van der Waals surface area (Å²) in [7, 11) is 1.78. The number of nitrogens with zero attached hydrogens (tertiary/aromatic N) is 2. The normalized spacial score (nSPS) is 15.3. The Balaban J connectivity index is 1.51. The van der Waals surface area contributed by atoms with Gasteiger partial charge >= 0.3 is 12.1 Å². The molecule has 2 heterocycles. The first-order valence-corrected chi connectivity index (χ1v) is 10.3. The van der Waals surface area contributed by atoms with Crippen molar-refractivity contribution in [2.45, 2.75) is 18.5 Å². The lowest BCUT2D eigenvalue weighted by atomic mass is 9.92. The molecule has 0 bridgehead atoms. The fourth-order valence-corrected chi connectivity index (χ4v) is 3.85. The van der Waals surface area contributed by atoms with E-state index in [0.717, 1.165) is 29.8 Å². The second-order valence-corrected chi connectivity index (χ2v) is 7.77. The van der Waals surface area contributed by atoms with E-state index in [1.165, 1.54) is 30.6 Å². The molecule has 0 aliphatic carbocycles. The summed E-state index contributed by atoms with van der Waals surface area (Å²) < 4.78 is 44.3. The molecule has 0 saturated carbocycles. The topological polar surface area (TPSA) is 74.7 Å². The molecule has 1 aromatic heterocycles. The molecule has 0 fully saturated rings. The van der Waals surface area contributed by atoms with E-state index >= 15 is 0 Å². The summed E-state index contributed by atoms with van der Waals surface area (Å²) in [4.78, 5) is 17.2. The summed E-state index contributed by atoms with van der Waals surface area (Å²) in [6, 6.07) is 12.1. The molecule has 172 valence electrons. The minimum absolute atomic E-state index is 0.0982. The first-order chi connectivity index (χ1) is 15.7. The number of carboxylic acid groups (broad SMARTS) is 1. The molecule has 1 aliphatic heterocycles. The van der Waals surface area contributed by atoms with Gasteiger partial charge in [0.25, 0.3) is 0 Å². The van der Waals surface area contributed by atoms with Crippen LogP contribution in [0.2, 0.25) is 0 Å².